The second kappa shape index (κ2) is 6.43. The molecule has 5 rings (SSSR count). The third-order valence-electron chi connectivity index (χ3n) is 5.67. The Balaban J connectivity index is 1.21. The summed E-state index contributed by atoms with van der Waals surface area (Å²) >= 11 is 0. The summed E-state index contributed by atoms with van der Waals surface area (Å²) in [4.78, 5) is 2.48. The fourth-order valence-electron chi connectivity index (χ4n) is 3.98. The van der Waals surface area contributed by atoms with Crippen LogP contribution in [0.1, 0.15) is 37.5 Å². The van der Waals surface area contributed by atoms with Crippen molar-refractivity contribution >= 4 is 10.9 Å². The lowest BCUT2D eigenvalue weighted by Gasteiger charge is -2.32. The number of ether oxygens (including phenoxy) is 1. The third-order valence-corrected chi connectivity index (χ3v) is 5.67. The maximum absolute atomic E-state index is 6.36. The average molecular weight is 351 g/mol. The van der Waals surface area contributed by atoms with E-state index in [2.05, 4.69) is 61.7 Å². The van der Waals surface area contributed by atoms with Gasteiger partial charge in [-0.3, -0.25) is 4.90 Å². The van der Waals surface area contributed by atoms with Crippen LogP contribution in [0.2, 0.25) is 0 Å². The molecule has 2 aliphatic rings. The minimum atomic E-state index is 0.290. The number of rotatable bonds is 5. The Morgan fingerprint density at radius 1 is 1.12 bits per heavy atom. The molecule has 0 bridgehead atoms. The molecular weight excluding hydrogens is 326 g/mol. The fourth-order valence-corrected chi connectivity index (χ4v) is 3.98. The number of hydrogen-bond donors (Lipinski definition) is 0. The highest BCUT2D eigenvalue weighted by atomic mass is 16.5. The Hall–Kier alpha value is -2.34. The summed E-state index contributed by atoms with van der Waals surface area (Å²) in [7, 11) is 2.07. The highest BCUT2D eigenvalue weighted by Crippen LogP contribution is 2.35. The second-order valence-electron chi connectivity index (χ2n) is 7.59. The summed E-state index contributed by atoms with van der Waals surface area (Å²) in [6.45, 7) is 3.00. The number of fused-ring (bicyclic) bond motifs is 1. The van der Waals surface area contributed by atoms with Gasteiger partial charge >= 0.3 is 0 Å². The van der Waals surface area contributed by atoms with E-state index in [0.717, 1.165) is 44.0 Å². The number of nitrogens with zero attached hydrogens (tertiary/aromatic N) is 5. The number of likely N-dealkylation sites (tertiary alicyclic amines) is 1. The maximum atomic E-state index is 6.36. The predicted octanol–water partition coefficient (Wildman–Crippen LogP) is 3.15. The molecule has 1 aromatic carbocycles. The first kappa shape index (κ1) is 15.9. The van der Waals surface area contributed by atoms with E-state index < -0.39 is 0 Å². The van der Waals surface area contributed by atoms with Crippen LogP contribution in [0.15, 0.2) is 36.8 Å². The number of aromatic nitrogens is 4. The number of piperidine rings is 1. The first-order chi connectivity index (χ1) is 12.8. The molecule has 1 aliphatic heterocycles. The van der Waals surface area contributed by atoms with Crippen molar-refractivity contribution in [3.8, 4) is 5.75 Å². The van der Waals surface area contributed by atoms with E-state index in [1.807, 2.05) is 6.33 Å². The van der Waals surface area contributed by atoms with E-state index in [9.17, 15) is 0 Å². The van der Waals surface area contributed by atoms with E-state index in [1.54, 1.807) is 0 Å². The van der Waals surface area contributed by atoms with Gasteiger partial charge in [-0.1, -0.05) is 6.07 Å². The molecule has 2 fully saturated rings. The first-order valence-corrected chi connectivity index (χ1v) is 9.59. The lowest BCUT2D eigenvalue weighted by Crippen LogP contribution is -2.38. The minimum absolute atomic E-state index is 0.290. The highest BCUT2D eigenvalue weighted by molar-refractivity contribution is 5.86. The molecular formula is C20H25N5O. The molecule has 2 aromatic heterocycles. The summed E-state index contributed by atoms with van der Waals surface area (Å²) in [5.74, 6) is 2.12. The molecule has 0 amide bonds. The van der Waals surface area contributed by atoms with Crippen molar-refractivity contribution in [1.29, 1.82) is 0 Å². The van der Waals surface area contributed by atoms with Crippen molar-refractivity contribution in [2.45, 2.75) is 44.4 Å². The van der Waals surface area contributed by atoms with Gasteiger partial charge in [-0.2, -0.15) is 0 Å². The summed E-state index contributed by atoms with van der Waals surface area (Å²) in [6, 6.07) is 9.10. The molecule has 6 nitrogen and oxygen atoms in total. The van der Waals surface area contributed by atoms with Gasteiger partial charge in [0, 0.05) is 37.8 Å². The number of aryl methyl sites for hydroxylation is 1. The van der Waals surface area contributed by atoms with Crippen LogP contribution in [0.5, 0.6) is 5.75 Å². The molecule has 136 valence electrons. The Morgan fingerprint density at radius 3 is 2.77 bits per heavy atom. The van der Waals surface area contributed by atoms with Crippen LogP contribution in [-0.2, 0) is 13.6 Å². The standard InChI is InChI=1S/C20H25N5O/c1-23-10-9-17-18(23)3-2-4-19(17)26-16-7-11-24(12-8-16)13-20-22-21-14-25(20)15-5-6-15/h2-4,9-10,14-16H,5-8,11-13H2,1H3. The van der Waals surface area contributed by atoms with Crippen LogP contribution in [0.3, 0.4) is 0 Å². The van der Waals surface area contributed by atoms with Crippen molar-refractivity contribution in [3.05, 3.63) is 42.6 Å². The molecule has 26 heavy (non-hydrogen) atoms. The molecule has 0 atom stereocenters. The third kappa shape index (κ3) is 2.98. The molecule has 1 saturated carbocycles. The van der Waals surface area contributed by atoms with Crippen molar-refractivity contribution in [1.82, 2.24) is 24.2 Å². The zero-order valence-corrected chi connectivity index (χ0v) is 15.2. The zero-order chi connectivity index (χ0) is 17.5. The topological polar surface area (TPSA) is 48.1 Å². The van der Waals surface area contributed by atoms with Gasteiger partial charge in [0.25, 0.3) is 0 Å². The zero-order valence-electron chi connectivity index (χ0n) is 15.2. The normalized spacial score (nSPS) is 19.3. The van der Waals surface area contributed by atoms with Gasteiger partial charge in [0.15, 0.2) is 0 Å². The minimum Gasteiger partial charge on any atom is -0.490 e. The molecule has 1 aliphatic carbocycles. The monoisotopic (exact) mass is 351 g/mol. The van der Waals surface area contributed by atoms with Gasteiger partial charge < -0.3 is 13.9 Å². The lowest BCUT2D eigenvalue weighted by molar-refractivity contribution is 0.0958. The smallest absolute Gasteiger partial charge is 0.147 e. The molecule has 0 unspecified atom stereocenters. The first-order valence-electron chi connectivity index (χ1n) is 9.59. The van der Waals surface area contributed by atoms with E-state index in [1.165, 1.54) is 23.7 Å². The molecule has 0 spiro atoms. The van der Waals surface area contributed by atoms with Crippen LogP contribution in [0.25, 0.3) is 10.9 Å². The van der Waals surface area contributed by atoms with Gasteiger partial charge in [-0.15, -0.1) is 10.2 Å². The summed E-state index contributed by atoms with van der Waals surface area (Å²) < 4.78 is 10.8. The Bertz CT molecular complexity index is 902. The quantitative estimate of drug-likeness (QED) is 0.708. The van der Waals surface area contributed by atoms with E-state index >= 15 is 0 Å². The molecule has 3 aromatic rings. The molecule has 0 N–H and O–H groups in total. The van der Waals surface area contributed by atoms with Crippen molar-refractivity contribution in [3.63, 3.8) is 0 Å². The van der Waals surface area contributed by atoms with Crippen LogP contribution < -0.4 is 4.74 Å². The molecule has 0 radical (unpaired) electrons. The van der Waals surface area contributed by atoms with Crippen LogP contribution in [0, 0.1) is 0 Å². The summed E-state index contributed by atoms with van der Waals surface area (Å²) in [5, 5.41) is 9.65. The van der Waals surface area contributed by atoms with Gasteiger partial charge in [-0.25, -0.2) is 0 Å². The Morgan fingerprint density at radius 2 is 1.96 bits per heavy atom. The number of hydrogen-bond acceptors (Lipinski definition) is 4. The van der Waals surface area contributed by atoms with E-state index in [4.69, 9.17) is 4.74 Å². The van der Waals surface area contributed by atoms with Gasteiger partial charge in [0.05, 0.1) is 12.1 Å². The summed E-state index contributed by atoms with van der Waals surface area (Å²) in [5.41, 5.74) is 1.22. The lowest BCUT2D eigenvalue weighted by atomic mass is 10.1. The summed E-state index contributed by atoms with van der Waals surface area (Å²) in [6.07, 6.45) is 8.93. The van der Waals surface area contributed by atoms with Gasteiger partial charge in [0.1, 0.15) is 24.0 Å². The average Bonchev–Trinajstić information content (AvgIpc) is 3.29. The van der Waals surface area contributed by atoms with Crippen molar-refractivity contribution in [2.24, 2.45) is 7.05 Å². The molecule has 1 saturated heterocycles. The second-order valence-corrected chi connectivity index (χ2v) is 7.59. The van der Waals surface area contributed by atoms with E-state index in [-0.39, 0.29) is 0 Å². The largest absolute Gasteiger partial charge is 0.490 e. The van der Waals surface area contributed by atoms with Gasteiger partial charge in [-0.05, 0) is 43.9 Å². The molecule has 3 heterocycles. The predicted molar refractivity (Wildman–Crippen MR) is 100 cm³/mol. The van der Waals surface area contributed by atoms with Crippen LogP contribution >= 0.6 is 0 Å². The fraction of sp³-hybridized carbons (Fsp3) is 0.500. The van der Waals surface area contributed by atoms with E-state index in [0.29, 0.717) is 12.1 Å². The SMILES string of the molecule is Cn1ccc2c(OC3CCN(Cc4nncn4C4CC4)CC3)cccc21. The molecule has 6 heteroatoms. The van der Waals surface area contributed by atoms with Crippen LogP contribution in [-0.4, -0.2) is 43.4 Å². The highest BCUT2D eigenvalue weighted by Gasteiger charge is 2.28. The maximum Gasteiger partial charge on any atom is 0.147 e. The van der Waals surface area contributed by atoms with Crippen molar-refractivity contribution in [2.75, 3.05) is 13.1 Å². The van der Waals surface area contributed by atoms with Crippen molar-refractivity contribution < 1.29 is 4.74 Å². The Labute approximate surface area is 153 Å². The van der Waals surface area contributed by atoms with Crippen LogP contribution in [0.4, 0.5) is 0 Å². The van der Waals surface area contributed by atoms with Gasteiger partial charge in [0.2, 0.25) is 0 Å². The number of benzene rings is 1. The Kier molecular flexibility index (Phi) is 3.93.